The zero-order chi connectivity index (χ0) is 14.7. The van der Waals surface area contributed by atoms with Gasteiger partial charge in [0.2, 0.25) is 0 Å². The van der Waals surface area contributed by atoms with Crippen LogP contribution in [0.3, 0.4) is 0 Å². The number of carbonyl (C=O) groups excluding carboxylic acids is 2. The van der Waals surface area contributed by atoms with Gasteiger partial charge in [-0.15, -0.1) is 0 Å². The molecule has 0 atom stereocenters. The summed E-state index contributed by atoms with van der Waals surface area (Å²) in [5.41, 5.74) is 2.19. The number of carbonyl (C=O) groups is 2. The summed E-state index contributed by atoms with van der Waals surface area (Å²) in [6.45, 7) is 0. The van der Waals surface area contributed by atoms with E-state index in [1.165, 1.54) is 0 Å². The van der Waals surface area contributed by atoms with Gasteiger partial charge in [0.25, 0.3) is 5.91 Å². The molecule has 2 aromatic carbocycles. The van der Waals surface area contributed by atoms with Crippen molar-refractivity contribution in [2.24, 2.45) is 0 Å². The maximum absolute atomic E-state index is 12.2. The van der Waals surface area contributed by atoms with Crippen LogP contribution in [0.15, 0.2) is 60.7 Å². The summed E-state index contributed by atoms with van der Waals surface area (Å²) in [5, 5.41) is 3.72. The van der Waals surface area contributed by atoms with Crippen LogP contribution < -0.4 is 5.32 Å². The number of anilines is 1. The number of benzene rings is 2. The van der Waals surface area contributed by atoms with Crippen molar-refractivity contribution in [1.29, 1.82) is 0 Å². The third-order valence-electron chi connectivity index (χ3n) is 3.11. The predicted octanol–water partition coefficient (Wildman–Crippen LogP) is 3.30. The van der Waals surface area contributed by atoms with Crippen molar-refractivity contribution >= 4 is 28.8 Å². The Morgan fingerprint density at radius 1 is 1.00 bits per heavy atom. The number of fused-ring (bicyclic) bond motifs is 1. The van der Waals surface area contributed by atoms with Crippen molar-refractivity contribution in [3.63, 3.8) is 0 Å². The Balaban J connectivity index is 1.87. The average Bonchev–Trinajstić information content (AvgIpc) is 2.54. The van der Waals surface area contributed by atoms with E-state index >= 15 is 0 Å². The van der Waals surface area contributed by atoms with Crippen LogP contribution in [0.2, 0.25) is 0 Å². The Labute approximate surface area is 121 Å². The molecule has 3 rings (SSSR count). The molecule has 0 saturated heterocycles. The summed E-state index contributed by atoms with van der Waals surface area (Å²) in [5.74, 6) is -0.302. The number of nitrogens with zero attached hydrogens (tertiary/aromatic N) is 1. The lowest BCUT2D eigenvalue weighted by Crippen LogP contribution is -2.13. The molecule has 0 saturated carbocycles. The monoisotopic (exact) mass is 276 g/mol. The van der Waals surface area contributed by atoms with Gasteiger partial charge in [-0.05, 0) is 24.3 Å². The molecule has 1 heterocycles. The van der Waals surface area contributed by atoms with E-state index in [1.54, 1.807) is 30.3 Å². The molecule has 1 N–H and O–H groups in total. The van der Waals surface area contributed by atoms with Gasteiger partial charge in [0.15, 0.2) is 0 Å². The smallest absolute Gasteiger partial charge is 0.274 e. The van der Waals surface area contributed by atoms with Crippen molar-refractivity contribution in [2.45, 2.75) is 0 Å². The Morgan fingerprint density at radius 2 is 1.86 bits per heavy atom. The fraction of sp³-hybridized carbons (Fsp3) is 0. The summed E-state index contributed by atoms with van der Waals surface area (Å²) >= 11 is 0. The first-order chi connectivity index (χ1) is 10.3. The second kappa shape index (κ2) is 5.54. The van der Waals surface area contributed by atoms with Crippen LogP contribution in [0.1, 0.15) is 20.8 Å². The first-order valence-corrected chi connectivity index (χ1v) is 6.49. The lowest BCUT2D eigenvalue weighted by atomic mass is 10.2. The van der Waals surface area contributed by atoms with Crippen LogP contribution >= 0.6 is 0 Å². The summed E-state index contributed by atoms with van der Waals surface area (Å²) in [4.78, 5) is 27.3. The summed E-state index contributed by atoms with van der Waals surface area (Å²) < 4.78 is 0. The molecule has 0 aliphatic rings. The third-order valence-corrected chi connectivity index (χ3v) is 3.11. The van der Waals surface area contributed by atoms with Gasteiger partial charge < -0.3 is 5.32 Å². The zero-order valence-electron chi connectivity index (χ0n) is 11.1. The molecule has 0 aliphatic heterocycles. The van der Waals surface area contributed by atoms with Crippen molar-refractivity contribution in [3.05, 3.63) is 71.9 Å². The first kappa shape index (κ1) is 13.0. The van der Waals surface area contributed by atoms with E-state index in [-0.39, 0.29) is 5.91 Å². The minimum Gasteiger partial charge on any atom is -0.321 e. The molecule has 0 unspecified atom stereocenters. The van der Waals surface area contributed by atoms with Gasteiger partial charge in [-0.1, -0.05) is 36.4 Å². The molecule has 0 bridgehead atoms. The normalized spacial score (nSPS) is 10.3. The molecule has 1 aromatic heterocycles. The number of pyridine rings is 1. The lowest BCUT2D eigenvalue weighted by Gasteiger charge is -2.06. The second-order valence-electron chi connectivity index (χ2n) is 4.59. The summed E-state index contributed by atoms with van der Waals surface area (Å²) in [7, 11) is 0. The minimum absolute atomic E-state index is 0.302. The highest BCUT2D eigenvalue weighted by Gasteiger charge is 2.08. The quantitative estimate of drug-likeness (QED) is 0.747. The number of aldehydes is 1. The Morgan fingerprint density at radius 3 is 2.71 bits per heavy atom. The standard InChI is InChI=1S/C17H12N2O2/c20-11-12-4-3-6-14(10-12)18-17(21)16-9-8-13-5-1-2-7-15(13)19-16/h1-11H,(H,18,21). The molecule has 0 radical (unpaired) electrons. The van der Waals surface area contributed by atoms with E-state index in [0.29, 0.717) is 16.9 Å². The van der Waals surface area contributed by atoms with Gasteiger partial charge >= 0.3 is 0 Å². The van der Waals surface area contributed by atoms with Crippen LogP contribution in [-0.4, -0.2) is 17.2 Å². The molecule has 4 heteroatoms. The van der Waals surface area contributed by atoms with Crippen LogP contribution in [0.4, 0.5) is 5.69 Å². The fourth-order valence-corrected chi connectivity index (χ4v) is 2.08. The van der Waals surface area contributed by atoms with E-state index in [0.717, 1.165) is 17.2 Å². The van der Waals surface area contributed by atoms with Crippen molar-refractivity contribution in [3.8, 4) is 0 Å². The van der Waals surface area contributed by atoms with E-state index in [1.807, 2.05) is 30.3 Å². The minimum atomic E-state index is -0.302. The van der Waals surface area contributed by atoms with Gasteiger partial charge in [0.1, 0.15) is 12.0 Å². The lowest BCUT2D eigenvalue weighted by molar-refractivity contribution is 0.102. The number of aromatic nitrogens is 1. The molecule has 102 valence electrons. The van der Waals surface area contributed by atoms with Crippen molar-refractivity contribution < 1.29 is 9.59 Å². The average molecular weight is 276 g/mol. The van der Waals surface area contributed by atoms with E-state index < -0.39 is 0 Å². The maximum atomic E-state index is 12.2. The molecule has 4 nitrogen and oxygen atoms in total. The van der Waals surface area contributed by atoms with E-state index in [9.17, 15) is 9.59 Å². The maximum Gasteiger partial charge on any atom is 0.274 e. The Kier molecular flexibility index (Phi) is 3.43. The Bertz CT molecular complexity index is 828. The van der Waals surface area contributed by atoms with Gasteiger partial charge in [-0.3, -0.25) is 9.59 Å². The largest absolute Gasteiger partial charge is 0.321 e. The molecule has 21 heavy (non-hydrogen) atoms. The van der Waals surface area contributed by atoms with Gasteiger partial charge in [0.05, 0.1) is 5.52 Å². The van der Waals surface area contributed by atoms with Gasteiger partial charge in [0, 0.05) is 16.6 Å². The zero-order valence-corrected chi connectivity index (χ0v) is 11.1. The first-order valence-electron chi connectivity index (χ1n) is 6.49. The molecule has 1 amide bonds. The topological polar surface area (TPSA) is 59.1 Å². The third kappa shape index (κ3) is 2.79. The highest BCUT2D eigenvalue weighted by atomic mass is 16.1. The van der Waals surface area contributed by atoms with Crippen LogP contribution in [-0.2, 0) is 0 Å². The summed E-state index contributed by atoms with van der Waals surface area (Å²) in [6.07, 6.45) is 0.740. The van der Waals surface area contributed by atoms with Crippen LogP contribution in [0.5, 0.6) is 0 Å². The van der Waals surface area contributed by atoms with Crippen LogP contribution in [0.25, 0.3) is 10.9 Å². The van der Waals surface area contributed by atoms with Gasteiger partial charge in [-0.2, -0.15) is 0 Å². The molecular weight excluding hydrogens is 264 g/mol. The van der Waals surface area contributed by atoms with E-state index in [2.05, 4.69) is 10.3 Å². The van der Waals surface area contributed by atoms with Gasteiger partial charge in [-0.25, -0.2) is 4.98 Å². The number of hydrogen-bond donors (Lipinski definition) is 1. The second-order valence-corrected chi connectivity index (χ2v) is 4.59. The van der Waals surface area contributed by atoms with E-state index in [4.69, 9.17) is 0 Å². The Hall–Kier alpha value is -3.01. The summed E-state index contributed by atoms with van der Waals surface area (Å²) in [6, 6.07) is 17.9. The molecule has 3 aromatic rings. The van der Waals surface area contributed by atoms with Crippen molar-refractivity contribution in [2.75, 3.05) is 5.32 Å². The molecule has 0 spiro atoms. The number of rotatable bonds is 3. The number of para-hydroxylation sites is 1. The number of amides is 1. The number of hydrogen-bond acceptors (Lipinski definition) is 3. The predicted molar refractivity (Wildman–Crippen MR) is 81.5 cm³/mol. The molecule has 0 fully saturated rings. The molecule has 0 aliphatic carbocycles. The molecular formula is C17H12N2O2. The highest BCUT2D eigenvalue weighted by molar-refractivity contribution is 6.04. The number of nitrogens with one attached hydrogen (secondary N) is 1. The van der Waals surface area contributed by atoms with Crippen LogP contribution in [0, 0.1) is 0 Å². The van der Waals surface area contributed by atoms with Crippen molar-refractivity contribution in [1.82, 2.24) is 4.98 Å². The SMILES string of the molecule is O=Cc1cccc(NC(=O)c2ccc3ccccc3n2)c1. The highest BCUT2D eigenvalue weighted by Crippen LogP contribution is 2.14. The fourth-order valence-electron chi connectivity index (χ4n) is 2.08.